The number of carbonyl (C=O) groups excluding carboxylic acids is 2. The third-order valence-corrected chi connectivity index (χ3v) is 4.23. The fourth-order valence-electron chi connectivity index (χ4n) is 2.34. The minimum atomic E-state index is -0.357. The number of carbonyl (C=O) groups is 2. The van der Waals surface area contributed by atoms with Gasteiger partial charge in [-0.1, -0.05) is 34.5 Å². The first-order valence-corrected chi connectivity index (χ1v) is 7.11. The molecule has 102 valence electrons. The van der Waals surface area contributed by atoms with Crippen LogP contribution in [0.5, 0.6) is 0 Å². The van der Waals surface area contributed by atoms with Crippen molar-refractivity contribution in [1.29, 1.82) is 0 Å². The molecule has 0 saturated carbocycles. The molecule has 1 saturated heterocycles. The lowest BCUT2D eigenvalue weighted by molar-refractivity contribution is -0.122. The van der Waals surface area contributed by atoms with Gasteiger partial charge in [0.1, 0.15) is 0 Å². The summed E-state index contributed by atoms with van der Waals surface area (Å²) in [6, 6.07) is 5.13. The molecule has 0 radical (unpaired) electrons. The summed E-state index contributed by atoms with van der Waals surface area (Å²) in [5, 5.41) is 0.398. The maximum Gasteiger partial charge on any atom is 0.255 e. The molecule has 2 atom stereocenters. The minimum absolute atomic E-state index is 0.0793. The van der Waals surface area contributed by atoms with Crippen LogP contribution in [0.2, 0.25) is 5.02 Å². The van der Waals surface area contributed by atoms with Crippen molar-refractivity contribution < 1.29 is 9.59 Å². The molecule has 2 amide bonds. The standard InChI is InChI=1S/C13H14BrClN2O2/c1-7-5-17(6-10(7)12(16)18)13(19)9-3-2-8(14)4-11(9)15/h2-4,7,10H,5-6H2,1H3,(H2,16,18)/t7-,10-/m1/s1. The van der Waals surface area contributed by atoms with Gasteiger partial charge in [0.2, 0.25) is 5.91 Å². The van der Waals surface area contributed by atoms with Crippen LogP contribution < -0.4 is 5.73 Å². The van der Waals surface area contributed by atoms with Gasteiger partial charge in [-0.2, -0.15) is 0 Å². The average molecular weight is 346 g/mol. The Labute approximate surface area is 125 Å². The highest BCUT2D eigenvalue weighted by Gasteiger charge is 2.36. The lowest BCUT2D eigenvalue weighted by Gasteiger charge is -2.17. The summed E-state index contributed by atoms with van der Waals surface area (Å²) < 4.78 is 0.818. The zero-order valence-electron chi connectivity index (χ0n) is 10.4. The molecule has 4 nitrogen and oxygen atoms in total. The summed E-state index contributed by atoms with van der Waals surface area (Å²) in [5.74, 6) is -0.716. The molecule has 2 N–H and O–H groups in total. The van der Waals surface area contributed by atoms with E-state index >= 15 is 0 Å². The zero-order chi connectivity index (χ0) is 14.2. The Bertz CT molecular complexity index is 535. The molecule has 0 bridgehead atoms. The maximum atomic E-state index is 12.4. The molecule has 1 aliphatic rings. The van der Waals surface area contributed by atoms with E-state index in [0.29, 0.717) is 23.7 Å². The van der Waals surface area contributed by atoms with E-state index in [4.69, 9.17) is 17.3 Å². The Morgan fingerprint density at radius 3 is 2.63 bits per heavy atom. The molecular weight excluding hydrogens is 332 g/mol. The lowest BCUT2D eigenvalue weighted by atomic mass is 9.98. The predicted molar refractivity (Wildman–Crippen MR) is 76.9 cm³/mol. The monoisotopic (exact) mass is 344 g/mol. The van der Waals surface area contributed by atoms with Crippen LogP contribution in [-0.4, -0.2) is 29.8 Å². The van der Waals surface area contributed by atoms with E-state index in [9.17, 15) is 9.59 Å². The molecule has 0 aromatic heterocycles. The van der Waals surface area contributed by atoms with E-state index in [1.54, 1.807) is 23.1 Å². The molecule has 0 spiro atoms. The molecule has 1 aromatic rings. The van der Waals surface area contributed by atoms with Crippen molar-refractivity contribution in [2.45, 2.75) is 6.92 Å². The molecule has 19 heavy (non-hydrogen) atoms. The molecule has 1 aromatic carbocycles. The minimum Gasteiger partial charge on any atom is -0.369 e. The van der Waals surface area contributed by atoms with Crippen molar-refractivity contribution in [3.63, 3.8) is 0 Å². The van der Waals surface area contributed by atoms with Crippen LogP contribution in [0.4, 0.5) is 0 Å². The van der Waals surface area contributed by atoms with Gasteiger partial charge in [-0.15, -0.1) is 0 Å². The number of likely N-dealkylation sites (tertiary alicyclic amines) is 1. The number of nitrogens with two attached hydrogens (primary N) is 1. The van der Waals surface area contributed by atoms with E-state index in [1.807, 2.05) is 6.92 Å². The molecule has 1 heterocycles. The highest BCUT2D eigenvalue weighted by molar-refractivity contribution is 9.10. The first kappa shape index (κ1) is 14.3. The van der Waals surface area contributed by atoms with E-state index in [0.717, 1.165) is 4.47 Å². The van der Waals surface area contributed by atoms with Crippen molar-refractivity contribution >= 4 is 39.3 Å². The third-order valence-electron chi connectivity index (χ3n) is 3.43. The molecular formula is C13H14BrClN2O2. The smallest absolute Gasteiger partial charge is 0.255 e. The van der Waals surface area contributed by atoms with Gasteiger partial charge in [-0.25, -0.2) is 0 Å². The molecule has 0 aliphatic carbocycles. The number of benzene rings is 1. The Morgan fingerprint density at radius 1 is 1.42 bits per heavy atom. The summed E-state index contributed by atoms with van der Waals surface area (Å²) in [5.41, 5.74) is 5.78. The zero-order valence-corrected chi connectivity index (χ0v) is 12.7. The number of primary amides is 1. The number of halogens is 2. The molecule has 1 aliphatic heterocycles. The first-order chi connectivity index (χ1) is 8.90. The highest BCUT2D eigenvalue weighted by atomic mass is 79.9. The van der Waals surface area contributed by atoms with Crippen LogP contribution in [0.25, 0.3) is 0 Å². The number of nitrogens with zero attached hydrogens (tertiary/aromatic N) is 1. The summed E-state index contributed by atoms with van der Waals surface area (Å²) >= 11 is 9.37. The summed E-state index contributed by atoms with van der Waals surface area (Å²) in [7, 11) is 0. The quantitative estimate of drug-likeness (QED) is 0.894. The lowest BCUT2D eigenvalue weighted by Crippen LogP contribution is -2.32. The Hall–Kier alpha value is -1.07. The largest absolute Gasteiger partial charge is 0.369 e. The average Bonchev–Trinajstić information content (AvgIpc) is 2.70. The van der Waals surface area contributed by atoms with Gasteiger partial charge in [0.05, 0.1) is 16.5 Å². The molecule has 2 rings (SSSR count). The van der Waals surface area contributed by atoms with Crippen molar-refractivity contribution in [2.75, 3.05) is 13.1 Å². The van der Waals surface area contributed by atoms with Crippen LogP contribution in [0.1, 0.15) is 17.3 Å². The summed E-state index contributed by atoms with van der Waals surface area (Å²) in [6.07, 6.45) is 0. The van der Waals surface area contributed by atoms with Crippen LogP contribution >= 0.6 is 27.5 Å². The Kier molecular flexibility index (Phi) is 4.16. The first-order valence-electron chi connectivity index (χ1n) is 5.93. The number of hydrogen-bond acceptors (Lipinski definition) is 2. The molecule has 0 unspecified atom stereocenters. The Morgan fingerprint density at radius 2 is 2.11 bits per heavy atom. The summed E-state index contributed by atoms with van der Waals surface area (Å²) in [6.45, 7) is 2.81. The van der Waals surface area contributed by atoms with E-state index in [2.05, 4.69) is 15.9 Å². The van der Waals surface area contributed by atoms with Gasteiger partial charge < -0.3 is 10.6 Å². The van der Waals surface area contributed by atoms with E-state index in [1.165, 1.54) is 0 Å². The third kappa shape index (κ3) is 2.92. The normalized spacial score (nSPS) is 22.6. The van der Waals surface area contributed by atoms with Crippen LogP contribution in [0, 0.1) is 11.8 Å². The SMILES string of the molecule is C[C@@H]1CN(C(=O)c2ccc(Br)cc2Cl)C[C@H]1C(N)=O. The second kappa shape index (κ2) is 5.51. The fraction of sp³-hybridized carbons (Fsp3) is 0.385. The van der Waals surface area contributed by atoms with Gasteiger partial charge in [-0.3, -0.25) is 9.59 Å². The van der Waals surface area contributed by atoms with Crippen LogP contribution in [0.3, 0.4) is 0 Å². The van der Waals surface area contributed by atoms with Gasteiger partial charge in [0, 0.05) is 17.6 Å². The van der Waals surface area contributed by atoms with Crippen molar-refractivity contribution in [3.8, 4) is 0 Å². The Balaban J connectivity index is 2.19. The van der Waals surface area contributed by atoms with Crippen LogP contribution in [-0.2, 0) is 4.79 Å². The van der Waals surface area contributed by atoms with E-state index < -0.39 is 0 Å². The summed E-state index contributed by atoms with van der Waals surface area (Å²) in [4.78, 5) is 25.3. The number of rotatable bonds is 2. The maximum absolute atomic E-state index is 12.4. The van der Waals surface area contributed by atoms with Crippen molar-refractivity contribution in [1.82, 2.24) is 4.90 Å². The number of amides is 2. The van der Waals surface area contributed by atoms with Gasteiger partial charge in [0.25, 0.3) is 5.91 Å². The van der Waals surface area contributed by atoms with Crippen LogP contribution in [0.15, 0.2) is 22.7 Å². The van der Waals surface area contributed by atoms with Gasteiger partial charge in [-0.05, 0) is 24.1 Å². The molecule has 1 fully saturated rings. The van der Waals surface area contributed by atoms with Gasteiger partial charge in [0.15, 0.2) is 0 Å². The second-order valence-corrected chi connectivity index (χ2v) is 6.14. The molecule has 6 heteroatoms. The van der Waals surface area contributed by atoms with Crippen molar-refractivity contribution in [3.05, 3.63) is 33.3 Å². The topological polar surface area (TPSA) is 63.4 Å². The van der Waals surface area contributed by atoms with Gasteiger partial charge >= 0.3 is 0 Å². The fourth-order valence-corrected chi connectivity index (χ4v) is 3.09. The van der Waals surface area contributed by atoms with Crippen molar-refractivity contribution in [2.24, 2.45) is 17.6 Å². The predicted octanol–water partition coefficient (Wildman–Crippen LogP) is 2.30. The van der Waals surface area contributed by atoms with E-state index in [-0.39, 0.29) is 23.7 Å². The highest BCUT2D eigenvalue weighted by Crippen LogP contribution is 2.27. The second-order valence-electron chi connectivity index (χ2n) is 4.82. The number of hydrogen-bond donors (Lipinski definition) is 1.